The molecule has 2 unspecified atom stereocenters. The van der Waals surface area contributed by atoms with Gasteiger partial charge in [-0.3, -0.25) is 0 Å². The van der Waals surface area contributed by atoms with Gasteiger partial charge >= 0.3 is 0 Å². The van der Waals surface area contributed by atoms with Crippen LogP contribution in [0.2, 0.25) is 0 Å². The molecule has 94 valence electrons. The Bertz CT molecular complexity index is 380. The van der Waals surface area contributed by atoms with Gasteiger partial charge in [0, 0.05) is 22.6 Å². The number of hydrogen-bond donors (Lipinski definition) is 1. The topological polar surface area (TPSA) is 12.0 Å². The molecular weight excluding hydrogens is 233 g/mol. The molecule has 1 aromatic carbocycles. The van der Waals surface area contributed by atoms with Crippen LogP contribution in [-0.2, 0) is 5.75 Å². The van der Waals surface area contributed by atoms with Crippen LogP contribution in [0.1, 0.15) is 43.9 Å². The molecule has 1 aliphatic rings. The lowest BCUT2D eigenvalue weighted by molar-refractivity contribution is 0.491. The van der Waals surface area contributed by atoms with Crippen molar-refractivity contribution in [2.24, 2.45) is 0 Å². The van der Waals surface area contributed by atoms with Crippen molar-refractivity contribution in [3.8, 4) is 0 Å². The standard InChI is InChI=1S/C14H20FNS/c1-3-8-16-14-10-6-5-7-12(15)11(10)9-17-13(14)4-2/h5-7,13-14,16H,3-4,8-9H2,1-2H3. The third-order valence-corrected chi connectivity index (χ3v) is 4.81. The number of nitrogens with one attached hydrogen (secondary N) is 1. The Morgan fingerprint density at radius 2 is 2.24 bits per heavy atom. The SMILES string of the molecule is CCCNC1c2cccc(F)c2CSC1CC. The normalized spacial score (nSPS) is 23.5. The van der Waals surface area contributed by atoms with E-state index in [2.05, 4.69) is 25.2 Å². The fourth-order valence-electron chi connectivity index (χ4n) is 2.40. The molecule has 0 saturated carbocycles. The van der Waals surface area contributed by atoms with Crippen molar-refractivity contribution in [2.45, 2.75) is 43.7 Å². The van der Waals surface area contributed by atoms with Crippen LogP contribution in [0.15, 0.2) is 18.2 Å². The molecule has 1 heterocycles. The van der Waals surface area contributed by atoms with Gasteiger partial charge in [0.05, 0.1) is 0 Å². The molecule has 0 bridgehead atoms. The second-order valence-corrected chi connectivity index (χ2v) is 5.72. The maximum absolute atomic E-state index is 13.8. The number of fused-ring (bicyclic) bond motifs is 1. The summed E-state index contributed by atoms with van der Waals surface area (Å²) in [4.78, 5) is 0. The first-order valence-corrected chi connectivity index (χ1v) is 7.45. The van der Waals surface area contributed by atoms with Gasteiger partial charge in [0.25, 0.3) is 0 Å². The van der Waals surface area contributed by atoms with E-state index in [1.165, 1.54) is 5.56 Å². The van der Waals surface area contributed by atoms with Gasteiger partial charge in [-0.15, -0.1) is 0 Å². The molecule has 0 amide bonds. The Balaban J connectivity index is 2.29. The zero-order chi connectivity index (χ0) is 12.3. The molecule has 1 aromatic rings. The molecule has 0 radical (unpaired) electrons. The molecule has 1 nitrogen and oxygen atoms in total. The molecular formula is C14H20FNS. The first kappa shape index (κ1) is 12.9. The Morgan fingerprint density at radius 1 is 1.41 bits per heavy atom. The molecule has 0 aromatic heterocycles. The molecule has 3 heteroatoms. The van der Waals surface area contributed by atoms with Crippen LogP contribution in [-0.4, -0.2) is 11.8 Å². The molecule has 0 fully saturated rings. The minimum Gasteiger partial charge on any atom is -0.309 e. The summed E-state index contributed by atoms with van der Waals surface area (Å²) >= 11 is 1.88. The zero-order valence-electron chi connectivity index (χ0n) is 10.5. The maximum atomic E-state index is 13.8. The quantitative estimate of drug-likeness (QED) is 0.873. The Morgan fingerprint density at radius 3 is 2.94 bits per heavy atom. The monoisotopic (exact) mass is 253 g/mol. The van der Waals surface area contributed by atoms with Crippen LogP contribution in [0.25, 0.3) is 0 Å². The Kier molecular flexibility index (Phi) is 4.46. The van der Waals surface area contributed by atoms with Crippen molar-refractivity contribution in [3.63, 3.8) is 0 Å². The van der Waals surface area contributed by atoms with Crippen LogP contribution < -0.4 is 5.32 Å². The van der Waals surface area contributed by atoms with Crippen molar-refractivity contribution in [1.29, 1.82) is 0 Å². The summed E-state index contributed by atoms with van der Waals surface area (Å²) < 4.78 is 13.8. The van der Waals surface area contributed by atoms with Crippen molar-refractivity contribution in [1.82, 2.24) is 5.32 Å². The van der Waals surface area contributed by atoms with E-state index < -0.39 is 0 Å². The zero-order valence-corrected chi connectivity index (χ0v) is 11.3. The molecule has 1 aliphatic heterocycles. The number of halogens is 1. The van der Waals surface area contributed by atoms with Crippen molar-refractivity contribution < 1.29 is 4.39 Å². The van der Waals surface area contributed by atoms with Gasteiger partial charge in [-0.2, -0.15) is 11.8 Å². The van der Waals surface area contributed by atoms with E-state index in [1.807, 2.05) is 17.8 Å². The van der Waals surface area contributed by atoms with E-state index in [4.69, 9.17) is 0 Å². The molecule has 0 saturated heterocycles. The van der Waals surface area contributed by atoms with E-state index in [1.54, 1.807) is 6.07 Å². The summed E-state index contributed by atoms with van der Waals surface area (Å²) in [5.41, 5.74) is 2.07. The fourth-order valence-corrected chi connectivity index (χ4v) is 3.76. The summed E-state index contributed by atoms with van der Waals surface area (Å²) in [5, 5.41) is 4.13. The molecule has 1 N–H and O–H groups in total. The second kappa shape index (κ2) is 5.87. The second-order valence-electron chi connectivity index (χ2n) is 4.50. The average Bonchev–Trinajstić information content (AvgIpc) is 2.36. The van der Waals surface area contributed by atoms with Gasteiger partial charge in [-0.25, -0.2) is 4.39 Å². The number of thioether (sulfide) groups is 1. The van der Waals surface area contributed by atoms with Crippen molar-refractivity contribution in [3.05, 3.63) is 35.1 Å². The third-order valence-electron chi connectivity index (χ3n) is 3.32. The highest BCUT2D eigenvalue weighted by atomic mass is 32.2. The lowest BCUT2D eigenvalue weighted by atomic mass is 9.96. The van der Waals surface area contributed by atoms with Crippen LogP contribution in [0, 0.1) is 5.82 Å². The van der Waals surface area contributed by atoms with Gasteiger partial charge in [0.15, 0.2) is 0 Å². The van der Waals surface area contributed by atoms with E-state index in [9.17, 15) is 4.39 Å². The first-order chi connectivity index (χ1) is 8.27. The molecule has 2 rings (SSSR count). The van der Waals surface area contributed by atoms with Gasteiger partial charge < -0.3 is 5.32 Å². The first-order valence-electron chi connectivity index (χ1n) is 6.40. The number of benzene rings is 1. The number of hydrogen-bond acceptors (Lipinski definition) is 2. The number of rotatable bonds is 4. The molecule has 0 aliphatic carbocycles. The summed E-state index contributed by atoms with van der Waals surface area (Å²) in [7, 11) is 0. The summed E-state index contributed by atoms with van der Waals surface area (Å²) in [5.74, 6) is 0.762. The summed E-state index contributed by atoms with van der Waals surface area (Å²) in [6, 6.07) is 5.79. The molecule has 17 heavy (non-hydrogen) atoms. The lowest BCUT2D eigenvalue weighted by Gasteiger charge is -2.33. The van der Waals surface area contributed by atoms with Crippen LogP contribution in [0.3, 0.4) is 0 Å². The minimum atomic E-state index is -0.0483. The van der Waals surface area contributed by atoms with Crippen molar-refractivity contribution >= 4 is 11.8 Å². The molecule has 0 spiro atoms. The van der Waals surface area contributed by atoms with Crippen LogP contribution in [0.5, 0.6) is 0 Å². The predicted octanol–water partition coefficient (Wildman–Crippen LogP) is 3.89. The molecule has 2 atom stereocenters. The highest BCUT2D eigenvalue weighted by molar-refractivity contribution is 7.99. The van der Waals surface area contributed by atoms with Crippen LogP contribution >= 0.6 is 11.8 Å². The minimum absolute atomic E-state index is 0.0483. The van der Waals surface area contributed by atoms with E-state index in [0.29, 0.717) is 11.3 Å². The fraction of sp³-hybridized carbons (Fsp3) is 0.571. The van der Waals surface area contributed by atoms with Crippen molar-refractivity contribution in [2.75, 3.05) is 6.54 Å². The predicted molar refractivity (Wildman–Crippen MR) is 72.8 cm³/mol. The third kappa shape index (κ3) is 2.66. The summed E-state index contributed by atoms with van der Waals surface area (Å²) in [6.07, 6.45) is 2.24. The average molecular weight is 253 g/mol. The van der Waals surface area contributed by atoms with Gasteiger partial charge in [-0.1, -0.05) is 26.0 Å². The van der Waals surface area contributed by atoms with Crippen LogP contribution in [0.4, 0.5) is 4.39 Å². The van der Waals surface area contributed by atoms with E-state index >= 15 is 0 Å². The van der Waals surface area contributed by atoms with E-state index in [0.717, 1.165) is 30.7 Å². The van der Waals surface area contributed by atoms with E-state index in [-0.39, 0.29) is 5.82 Å². The highest BCUT2D eigenvalue weighted by Gasteiger charge is 2.29. The Labute approximate surface area is 107 Å². The Hall–Kier alpha value is -0.540. The largest absolute Gasteiger partial charge is 0.309 e. The maximum Gasteiger partial charge on any atom is 0.127 e. The smallest absolute Gasteiger partial charge is 0.127 e. The van der Waals surface area contributed by atoms with Gasteiger partial charge in [-0.05, 0) is 31.0 Å². The van der Waals surface area contributed by atoms with Gasteiger partial charge in [0.1, 0.15) is 5.82 Å². The summed E-state index contributed by atoms with van der Waals surface area (Å²) in [6.45, 7) is 5.37. The van der Waals surface area contributed by atoms with Gasteiger partial charge in [0.2, 0.25) is 0 Å². The lowest BCUT2D eigenvalue weighted by Crippen LogP contribution is -2.34. The highest BCUT2D eigenvalue weighted by Crippen LogP contribution is 2.39.